The Bertz CT molecular complexity index is 163. The summed E-state index contributed by atoms with van der Waals surface area (Å²) in [5, 5.41) is 0. The van der Waals surface area contributed by atoms with Crippen molar-refractivity contribution in [3.8, 4) is 0 Å². The number of rotatable bonds is 3. The van der Waals surface area contributed by atoms with Crippen molar-refractivity contribution in [2.75, 3.05) is 0 Å². The van der Waals surface area contributed by atoms with Gasteiger partial charge in [-0.1, -0.05) is 20.8 Å². The maximum Gasteiger partial charge on any atom is 0.306 e. The monoisotopic (exact) mass is 170 g/mol. The molecule has 2 atom stereocenters. The van der Waals surface area contributed by atoms with E-state index in [-0.39, 0.29) is 12.1 Å². The Labute approximate surface area is 74.3 Å². The SMILES string of the molecule is CC(C)CC[C@H]1OC(=O)C[C@@H]1C. The average Bonchev–Trinajstić information content (AvgIpc) is 2.26. The molecule has 0 spiro atoms. The van der Waals surface area contributed by atoms with E-state index in [1.807, 2.05) is 0 Å². The average molecular weight is 170 g/mol. The Morgan fingerprint density at radius 1 is 1.58 bits per heavy atom. The minimum atomic E-state index is -0.0174. The van der Waals surface area contributed by atoms with Gasteiger partial charge in [0.1, 0.15) is 6.10 Å². The molecule has 12 heavy (non-hydrogen) atoms. The number of carbonyl (C=O) groups is 1. The molecule has 0 saturated carbocycles. The van der Waals surface area contributed by atoms with Gasteiger partial charge in [-0.25, -0.2) is 0 Å². The van der Waals surface area contributed by atoms with Crippen LogP contribution in [-0.4, -0.2) is 12.1 Å². The quantitative estimate of drug-likeness (QED) is 0.608. The third-order valence-corrected chi connectivity index (χ3v) is 2.43. The second-order valence-electron chi connectivity index (χ2n) is 4.18. The molecule has 0 N–H and O–H groups in total. The van der Waals surface area contributed by atoms with Crippen molar-refractivity contribution in [2.24, 2.45) is 11.8 Å². The first kappa shape index (κ1) is 9.56. The predicted octanol–water partition coefficient (Wildman–Crippen LogP) is 2.37. The lowest BCUT2D eigenvalue weighted by Crippen LogP contribution is -2.14. The minimum absolute atomic E-state index is 0.0174. The molecule has 2 heteroatoms. The van der Waals surface area contributed by atoms with Gasteiger partial charge in [-0.2, -0.15) is 0 Å². The number of esters is 1. The molecule has 0 amide bonds. The van der Waals surface area contributed by atoms with Crippen LogP contribution < -0.4 is 0 Å². The first-order valence-electron chi connectivity index (χ1n) is 4.79. The van der Waals surface area contributed by atoms with Crippen molar-refractivity contribution in [3.63, 3.8) is 0 Å². The molecule has 0 unspecified atom stereocenters. The van der Waals surface area contributed by atoms with Gasteiger partial charge in [0.25, 0.3) is 0 Å². The highest BCUT2D eigenvalue weighted by atomic mass is 16.5. The van der Waals surface area contributed by atoms with Crippen LogP contribution in [0.1, 0.15) is 40.0 Å². The molecule has 0 aromatic rings. The predicted molar refractivity (Wildman–Crippen MR) is 47.7 cm³/mol. The van der Waals surface area contributed by atoms with Gasteiger partial charge in [0.2, 0.25) is 0 Å². The summed E-state index contributed by atoms with van der Waals surface area (Å²) in [5.74, 6) is 1.11. The van der Waals surface area contributed by atoms with Crippen LogP contribution in [-0.2, 0) is 9.53 Å². The van der Waals surface area contributed by atoms with E-state index in [4.69, 9.17) is 4.74 Å². The molecule has 0 aromatic carbocycles. The highest BCUT2D eigenvalue weighted by Gasteiger charge is 2.30. The van der Waals surface area contributed by atoms with Crippen molar-refractivity contribution in [3.05, 3.63) is 0 Å². The first-order chi connectivity index (χ1) is 5.59. The lowest BCUT2D eigenvalue weighted by Gasteiger charge is -2.14. The smallest absolute Gasteiger partial charge is 0.306 e. The van der Waals surface area contributed by atoms with Crippen LogP contribution in [0.2, 0.25) is 0 Å². The molecule has 0 aliphatic carbocycles. The Balaban J connectivity index is 2.28. The van der Waals surface area contributed by atoms with Crippen molar-refractivity contribution in [1.29, 1.82) is 0 Å². The molecule has 1 aliphatic rings. The molecular weight excluding hydrogens is 152 g/mol. The summed E-state index contributed by atoms with van der Waals surface area (Å²) in [5.41, 5.74) is 0. The summed E-state index contributed by atoms with van der Waals surface area (Å²) >= 11 is 0. The molecule has 1 saturated heterocycles. The summed E-state index contributed by atoms with van der Waals surface area (Å²) in [6.07, 6.45) is 3.00. The van der Waals surface area contributed by atoms with Gasteiger partial charge >= 0.3 is 5.97 Å². The van der Waals surface area contributed by atoms with Crippen LogP contribution in [0, 0.1) is 11.8 Å². The van der Waals surface area contributed by atoms with Gasteiger partial charge in [0.05, 0.1) is 6.42 Å². The maximum absolute atomic E-state index is 10.9. The standard InChI is InChI=1S/C10H18O2/c1-7(2)4-5-9-8(3)6-10(11)12-9/h7-9H,4-6H2,1-3H3/t8-,9+/m0/s1. The van der Waals surface area contributed by atoms with Crippen molar-refractivity contribution >= 4 is 5.97 Å². The largest absolute Gasteiger partial charge is 0.462 e. The lowest BCUT2D eigenvalue weighted by atomic mass is 9.96. The van der Waals surface area contributed by atoms with Crippen LogP contribution in [0.25, 0.3) is 0 Å². The number of carbonyl (C=O) groups excluding carboxylic acids is 1. The zero-order valence-electron chi connectivity index (χ0n) is 8.17. The molecule has 2 nitrogen and oxygen atoms in total. The van der Waals surface area contributed by atoms with E-state index in [0.29, 0.717) is 18.3 Å². The summed E-state index contributed by atoms with van der Waals surface area (Å²) in [7, 11) is 0. The molecule has 70 valence electrons. The second-order valence-corrected chi connectivity index (χ2v) is 4.18. The van der Waals surface area contributed by atoms with E-state index >= 15 is 0 Å². The number of ether oxygens (including phenoxy) is 1. The van der Waals surface area contributed by atoms with Gasteiger partial charge in [0.15, 0.2) is 0 Å². The molecule has 1 rings (SSSR count). The Morgan fingerprint density at radius 3 is 2.67 bits per heavy atom. The van der Waals surface area contributed by atoms with E-state index in [2.05, 4.69) is 20.8 Å². The Hall–Kier alpha value is -0.530. The summed E-state index contributed by atoms with van der Waals surface area (Å²) in [6, 6.07) is 0. The molecule has 1 aliphatic heterocycles. The molecular formula is C10H18O2. The number of hydrogen-bond acceptors (Lipinski definition) is 2. The summed E-state index contributed by atoms with van der Waals surface area (Å²) in [4.78, 5) is 10.9. The van der Waals surface area contributed by atoms with Gasteiger partial charge in [0, 0.05) is 5.92 Å². The topological polar surface area (TPSA) is 26.3 Å². The van der Waals surface area contributed by atoms with Crippen molar-refractivity contribution in [2.45, 2.75) is 46.1 Å². The lowest BCUT2D eigenvalue weighted by molar-refractivity contribution is -0.141. The van der Waals surface area contributed by atoms with Gasteiger partial charge < -0.3 is 4.74 Å². The fraction of sp³-hybridized carbons (Fsp3) is 0.900. The van der Waals surface area contributed by atoms with Crippen LogP contribution in [0.15, 0.2) is 0 Å². The highest BCUT2D eigenvalue weighted by Crippen LogP contribution is 2.26. The number of hydrogen-bond donors (Lipinski definition) is 0. The minimum Gasteiger partial charge on any atom is -0.462 e. The fourth-order valence-electron chi connectivity index (χ4n) is 1.57. The molecule has 1 heterocycles. The fourth-order valence-corrected chi connectivity index (χ4v) is 1.57. The third-order valence-electron chi connectivity index (χ3n) is 2.43. The molecule has 0 radical (unpaired) electrons. The van der Waals surface area contributed by atoms with E-state index in [0.717, 1.165) is 12.8 Å². The Morgan fingerprint density at radius 2 is 2.25 bits per heavy atom. The third kappa shape index (κ3) is 2.50. The summed E-state index contributed by atoms with van der Waals surface area (Å²) in [6.45, 7) is 6.48. The second kappa shape index (κ2) is 3.92. The van der Waals surface area contributed by atoms with E-state index in [1.165, 1.54) is 0 Å². The first-order valence-corrected chi connectivity index (χ1v) is 4.79. The highest BCUT2D eigenvalue weighted by molar-refractivity contribution is 5.71. The van der Waals surface area contributed by atoms with E-state index < -0.39 is 0 Å². The van der Waals surface area contributed by atoms with Crippen molar-refractivity contribution < 1.29 is 9.53 Å². The van der Waals surface area contributed by atoms with Crippen LogP contribution in [0.5, 0.6) is 0 Å². The van der Waals surface area contributed by atoms with Gasteiger partial charge in [-0.3, -0.25) is 4.79 Å². The van der Waals surface area contributed by atoms with E-state index in [1.54, 1.807) is 0 Å². The van der Waals surface area contributed by atoms with Crippen LogP contribution in [0.4, 0.5) is 0 Å². The zero-order chi connectivity index (χ0) is 9.14. The van der Waals surface area contributed by atoms with Crippen LogP contribution >= 0.6 is 0 Å². The zero-order valence-corrected chi connectivity index (χ0v) is 8.17. The number of cyclic esters (lactones) is 1. The van der Waals surface area contributed by atoms with Crippen LogP contribution in [0.3, 0.4) is 0 Å². The van der Waals surface area contributed by atoms with Crippen molar-refractivity contribution in [1.82, 2.24) is 0 Å². The Kier molecular flexibility index (Phi) is 3.12. The molecule has 0 bridgehead atoms. The molecule has 0 aromatic heterocycles. The van der Waals surface area contributed by atoms with E-state index in [9.17, 15) is 4.79 Å². The molecule has 1 fully saturated rings. The normalized spacial score (nSPS) is 29.5. The summed E-state index contributed by atoms with van der Waals surface area (Å²) < 4.78 is 5.19. The van der Waals surface area contributed by atoms with Gasteiger partial charge in [-0.05, 0) is 18.8 Å². The maximum atomic E-state index is 10.9. The van der Waals surface area contributed by atoms with Gasteiger partial charge in [-0.15, -0.1) is 0 Å².